The van der Waals surface area contributed by atoms with Crippen LogP contribution in [-0.4, -0.2) is 31.3 Å². The first-order valence-electron chi connectivity index (χ1n) is 6.50. The molecule has 0 saturated heterocycles. The maximum atomic E-state index is 11.2. The van der Waals surface area contributed by atoms with E-state index in [2.05, 4.69) is 25.3 Å². The number of nitrogens with zero attached hydrogens (tertiary/aromatic N) is 5. The Bertz CT molecular complexity index is 842. The van der Waals surface area contributed by atoms with Gasteiger partial charge >= 0.3 is 0 Å². The van der Waals surface area contributed by atoms with E-state index in [1.54, 1.807) is 0 Å². The minimum Gasteiger partial charge on any atom is -0.543 e. The van der Waals surface area contributed by atoms with Crippen molar-refractivity contribution in [2.75, 3.05) is 5.73 Å². The van der Waals surface area contributed by atoms with Crippen LogP contribution in [0.3, 0.4) is 0 Å². The van der Waals surface area contributed by atoms with Crippen LogP contribution in [0, 0.1) is 6.92 Å². The minimum atomic E-state index is -1.43. The Hall–Kier alpha value is -2.88. The molecule has 1 aromatic carbocycles. The van der Waals surface area contributed by atoms with Gasteiger partial charge in [-0.1, -0.05) is 22.9 Å². The summed E-state index contributed by atoms with van der Waals surface area (Å²) in [6.07, 6.45) is 0. The Morgan fingerprint density at radius 1 is 1.35 bits per heavy atom. The summed E-state index contributed by atoms with van der Waals surface area (Å²) in [5.41, 5.74) is 6.78. The van der Waals surface area contributed by atoms with E-state index in [-0.39, 0.29) is 28.8 Å². The van der Waals surface area contributed by atoms with Crippen LogP contribution in [-0.2, 0) is 5.75 Å². The van der Waals surface area contributed by atoms with Crippen LogP contribution in [0.15, 0.2) is 33.8 Å². The molecule has 0 fully saturated rings. The van der Waals surface area contributed by atoms with E-state index in [1.165, 1.54) is 16.4 Å². The van der Waals surface area contributed by atoms with Gasteiger partial charge in [0.1, 0.15) is 5.69 Å². The number of carbonyl (C=O) groups excluding carboxylic acids is 1. The van der Waals surface area contributed by atoms with Gasteiger partial charge < -0.3 is 15.6 Å². The third kappa shape index (κ3) is 3.01. The third-order valence-corrected chi connectivity index (χ3v) is 4.07. The molecule has 10 heteroatoms. The fourth-order valence-corrected chi connectivity index (χ4v) is 2.77. The summed E-state index contributed by atoms with van der Waals surface area (Å²) in [7, 11) is 0. The Kier molecular flexibility index (Phi) is 3.98. The van der Waals surface area contributed by atoms with E-state index in [0.29, 0.717) is 0 Å². The normalized spacial score (nSPS) is 10.8. The number of aromatic carboxylic acids is 1. The Balaban J connectivity index is 1.93. The molecule has 118 valence electrons. The Morgan fingerprint density at radius 2 is 2.09 bits per heavy atom. The topological polar surface area (TPSA) is 136 Å². The Labute approximate surface area is 134 Å². The van der Waals surface area contributed by atoms with E-state index in [9.17, 15) is 9.90 Å². The zero-order valence-corrected chi connectivity index (χ0v) is 12.8. The van der Waals surface area contributed by atoms with Crippen molar-refractivity contribution in [3.63, 3.8) is 0 Å². The predicted molar refractivity (Wildman–Crippen MR) is 78.7 cm³/mol. The number of carboxylic acid groups (broad SMARTS) is 1. The van der Waals surface area contributed by atoms with E-state index in [0.717, 1.165) is 10.5 Å². The zero-order valence-electron chi connectivity index (χ0n) is 12.0. The van der Waals surface area contributed by atoms with Crippen LogP contribution in [0.1, 0.15) is 21.7 Å². The van der Waals surface area contributed by atoms with Gasteiger partial charge in [0, 0.05) is 10.6 Å². The number of nitrogens with two attached hydrogens (primary N) is 1. The molecule has 0 aliphatic heterocycles. The van der Waals surface area contributed by atoms with Crippen LogP contribution >= 0.6 is 11.8 Å². The molecule has 23 heavy (non-hydrogen) atoms. The second kappa shape index (κ2) is 6.08. The molecule has 0 radical (unpaired) electrons. The Morgan fingerprint density at radius 3 is 2.70 bits per heavy atom. The molecule has 0 aliphatic carbocycles. The monoisotopic (exact) mass is 331 g/mol. The van der Waals surface area contributed by atoms with Gasteiger partial charge in [-0.25, -0.2) is 4.63 Å². The molecule has 0 bridgehead atoms. The van der Waals surface area contributed by atoms with Gasteiger partial charge in [0.2, 0.25) is 11.6 Å². The molecule has 3 aromatic rings. The van der Waals surface area contributed by atoms with Crippen molar-refractivity contribution >= 4 is 23.5 Å². The second-order valence-electron chi connectivity index (χ2n) is 4.66. The van der Waals surface area contributed by atoms with Crippen molar-refractivity contribution in [1.82, 2.24) is 25.3 Å². The fourth-order valence-electron chi connectivity index (χ4n) is 1.88. The number of benzene rings is 1. The van der Waals surface area contributed by atoms with Crippen LogP contribution in [0.5, 0.6) is 0 Å². The number of rotatable bonds is 5. The van der Waals surface area contributed by atoms with Gasteiger partial charge in [-0.05, 0) is 29.4 Å². The lowest BCUT2D eigenvalue weighted by atomic mass is 10.2. The molecule has 3 rings (SSSR count). The van der Waals surface area contributed by atoms with E-state index < -0.39 is 5.97 Å². The predicted octanol–water partition coefficient (Wildman–Crippen LogP) is 0.197. The summed E-state index contributed by atoms with van der Waals surface area (Å²) in [5.74, 6) is -1.07. The van der Waals surface area contributed by atoms with E-state index in [1.807, 2.05) is 31.2 Å². The lowest BCUT2D eigenvalue weighted by Crippen LogP contribution is -2.24. The largest absolute Gasteiger partial charge is 0.543 e. The maximum absolute atomic E-state index is 11.2. The van der Waals surface area contributed by atoms with Gasteiger partial charge in [-0.3, -0.25) is 0 Å². The molecular weight excluding hydrogens is 320 g/mol. The number of thioether (sulfide) groups is 1. The highest BCUT2D eigenvalue weighted by atomic mass is 32.2. The van der Waals surface area contributed by atoms with Gasteiger partial charge in [-0.2, -0.15) is 4.68 Å². The van der Waals surface area contributed by atoms with Crippen molar-refractivity contribution in [3.05, 3.63) is 41.2 Å². The molecule has 0 unspecified atom stereocenters. The number of aromatic nitrogens is 5. The minimum absolute atomic E-state index is 0.0126. The van der Waals surface area contributed by atoms with Gasteiger partial charge in [-0.15, -0.1) is 16.9 Å². The number of hydrogen-bond donors (Lipinski definition) is 1. The second-order valence-corrected chi connectivity index (χ2v) is 5.71. The SMILES string of the molecule is Cc1ccc(SCc2c(C(=O)[O-])nnn2-c2nonc2N)cc1. The van der Waals surface area contributed by atoms with Crippen molar-refractivity contribution in [3.8, 4) is 5.82 Å². The number of hydrogen-bond acceptors (Lipinski definition) is 9. The molecule has 0 aliphatic rings. The lowest BCUT2D eigenvalue weighted by Gasteiger charge is -2.06. The van der Waals surface area contributed by atoms with Crippen LogP contribution in [0.4, 0.5) is 5.82 Å². The van der Waals surface area contributed by atoms with Crippen molar-refractivity contribution < 1.29 is 14.5 Å². The molecule has 0 saturated carbocycles. The summed E-state index contributed by atoms with van der Waals surface area (Å²) >= 11 is 1.42. The van der Waals surface area contributed by atoms with Crippen molar-refractivity contribution in [1.29, 1.82) is 0 Å². The first-order chi connectivity index (χ1) is 11.1. The average molecular weight is 331 g/mol. The molecule has 0 amide bonds. The molecule has 2 heterocycles. The highest BCUT2D eigenvalue weighted by molar-refractivity contribution is 7.98. The van der Waals surface area contributed by atoms with Crippen molar-refractivity contribution in [2.24, 2.45) is 0 Å². The quantitative estimate of drug-likeness (QED) is 0.650. The molecular formula is C13H11N6O3S-. The first-order valence-corrected chi connectivity index (χ1v) is 7.48. The molecule has 0 atom stereocenters. The van der Waals surface area contributed by atoms with Crippen LogP contribution < -0.4 is 10.8 Å². The molecule has 0 spiro atoms. The summed E-state index contributed by atoms with van der Waals surface area (Å²) in [6, 6.07) is 7.83. The number of nitrogen functional groups attached to an aromatic ring is 1. The van der Waals surface area contributed by atoms with Crippen LogP contribution in [0.25, 0.3) is 5.82 Å². The van der Waals surface area contributed by atoms with Crippen molar-refractivity contribution in [2.45, 2.75) is 17.6 Å². The first kappa shape index (κ1) is 15.0. The number of aryl methyl sites for hydroxylation is 1. The van der Waals surface area contributed by atoms with E-state index >= 15 is 0 Å². The standard InChI is InChI=1S/C13H12N6O3S/c1-7-2-4-8(5-3-7)23-6-9-10(13(20)21)15-18-19(9)12-11(14)16-22-17-12/h2-5H,6H2,1H3,(H2,14,16)(H,20,21)/p-1. The number of carboxylic acids is 1. The maximum Gasteiger partial charge on any atom is 0.243 e. The number of carbonyl (C=O) groups is 1. The lowest BCUT2D eigenvalue weighted by molar-refractivity contribution is -0.255. The fraction of sp³-hybridized carbons (Fsp3) is 0.154. The van der Waals surface area contributed by atoms with Gasteiger partial charge in [0.05, 0.1) is 11.7 Å². The highest BCUT2D eigenvalue weighted by Crippen LogP contribution is 2.26. The number of anilines is 1. The molecule has 2 aromatic heterocycles. The molecule has 9 nitrogen and oxygen atoms in total. The molecule has 2 N–H and O–H groups in total. The summed E-state index contributed by atoms with van der Waals surface area (Å²) < 4.78 is 5.71. The average Bonchev–Trinajstić information content (AvgIpc) is 3.12. The van der Waals surface area contributed by atoms with Gasteiger partial charge in [0.15, 0.2) is 0 Å². The smallest absolute Gasteiger partial charge is 0.243 e. The zero-order chi connectivity index (χ0) is 16.4. The van der Waals surface area contributed by atoms with E-state index in [4.69, 9.17) is 5.73 Å². The van der Waals surface area contributed by atoms with Crippen LogP contribution in [0.2, 0.25) is 0 Å². The summed E-state index contributed by atoms with van der Waals surface area (Å²) in [5, 5.41) is 25.6. The van der Waals surface area contributed by atoms with Gasteiger partial charge in [0.25, 0.3) is 0 Å². The summed E-state index contributed by atoms with van der Waals surface area (Å²) in [4.78, 5) is 12.2. The third-order valence-electron chi connectivity index (χ3n) is 3.05. The highest BCUT2D eigenvalue weighted by Gasteiger charge is 2.20. The summed E-state index contributed by atoms with van der Waals surface area (Å²) in [6.45, 7) is 1.99.